The molecule has 2 rings (SSSR count). The molecule has 2 atom stereocenters. The van der Waals surface area contributed by atoms with Gasteiger partial charge in [-0.15, -0.1) is 0 Å². The van der Waals surface area contributed by atoms with Gasteiger partial charge in [0, 0.05) is 5.92 Å². The number of benzene rings is 1. The molecule has 0 amide bonds. The molecule has 0 radical (unpaired) electrons. The molecule has 1 aliphatic rings. The van der Waals surface area contributed by atoms with Crippen LogP contribution in [0.1, 0.15) is 17.9 Å². The van der Waals surface area contributed by atoms with Crippen molar-refractivity contribution in [1.29, 1.82) is 0 Å². The van der Waals surface area contributed by atoms with Crippen molar-refractivity contribution in [2.45, 2.75) is 17.9 Å². The summed E-state index contributed by atoms with van der Waals surface area (Å²) >= 11 is 12.0. The molecule has 1 saturated carbocycles. The number of carbonyl (C=O) groups excluding carboxylic acids is 1. The molecule has 0 bridgehead atoms. The summed E-state index contributed by atoms with van der Waals surface area (Å²) in [7, 11) is 1.33. The standard InChI is InChI=1S/C11H11Cl2NO2/c1-16-10(15)11(14)5-7(11)6-3-2-4-8(12)9(6)13/h2-4,7H,5,14H2,1H3/t7-,11-/m0/s1. The Morgan fingerprint density at radius 2 is 2.25 bits per heavy atom. The summed E-state index contributed by atoms with van der Waals surface area (Å²) in [6, 6.07) is 5.32. The van der Waals surface area contributed by atoms with Crippen LogP contribution >= 0.6 is 23.2 Å². The molecule has 0 aromatic heterocycles. The second-order valence-corrected chi connectivity index (χ2v) is 4.72. The van der Waals surface area contributed by atoms with Gasteiger partial charge in [-0.1, -0.05) is 35.3 Å². The van der Waals surface area contributed by atoms with Gasteiger partial charge in [0.1, 0.15) is 5.54 Å². The highest BCUT2D eigenvalue weighted by Crippen LogP contribution is 2.52. The second-order valence-electron chi connectivity index (χ2n) is 3.93. The maximum Gasteiger partial charge on any atom is 0.326 e. The Balaban J connectivity index is 2.30. The quantitative estimate of drug-likeness (QED) is 0.830. The number of rotatable bonds is 2. The lowest BCUT2D eigenvalue weighted by atomic mass is 10.1. The largest absolute Gasteiger partial charge is 0.468 e. The smallest absolute Gasteiger partial charge is 0.326 e. The van der Waals surface area contributed by atoms with Crippen LogP contribution in [0.2, 0.25) is 10.0 Å². The van der Waals surface area contributed by atoms with Crippen LogP contribution in [0.3, 0.4) is 0 Å². The Morgan fingerprint density at radius 1 is 1.56 bits per heavy atom. The van der Waals surface area contributed by atoms with Crippen molar-refractivity contribution >= 4 is 29.2 Å². The Kier molecular flexibility index (Phi) is 2.86. The van der Waals surface area contributed by atoms with E-state index in [2.05, 4.69) is 4.74 Å². The SMILES string of the molecule is COC(=O)[C@]1(N)C[C@H]1c1cccc(Cl)c1Cl. The molecule has 86 valence electrons. The van der Waals surface area contributed by atoms with Crippen molar-refractivity contribution in [3.63, 3.8) is 0 Å². The molecule has 0 spiro atoms. The maximum atomic E-state index is 11.5. The van der Waals surface area contributed by atoms with Crippen LogP contribution in [0.4, 0.5) is 0 Å². The minimum absolute atomic E-state index is 0.105. The third-order valence-corrected chi connectivity index (χ3v) is 3.76. The third-order valence-electron chi connectivity index (χ3n) is 2.93. The highest BCUT2D eigenvalue weighted by Gasteiger charge is 2.59. The average molecular weight is 260 g/mol. The molecule has 1 aliphatic carbocycles. The molecule has 5 heteroatoms. The number of hydrogen-bond acceptors (Lipinski definition) is 3. The normalized spacial score (nSPS) is 27.6. The molecule has 3 nitrogen and oxygen atoms in total. The van der Waals surface area contributed by atoms with Crippen LogP contribution in [0.15, 0.2) is 18.2 Å². The van der Waals surface area contributed by atoms with E-state index in [1.807, 2.05) is 6.07 Å². The molecule has 0 unspecified atom stereocenters. The van der Waals surface area contributed by atoms with Crippen molar-refractivity contribution in [1.82, 2.24) is 0 Å². The van der Waals surface area contributed by atoms with Gasteiger partial charge in [-0.2, -0.15) is 0 Å². The summed E-state index contributed by atoms with van der Waals surface area (Å²) in [6.07, 6.45) is 0.541. The van der Waals surface area contributed by atoms with E-state index in [-0.39, 0.29) is 5.92 Å². The zero-order valence-electron chi connectivity index (χ0n) is 8.67. The van der Waals surface area contributed by atoms with Gasteiger partial charge in [0.25, 0.3) is 0 Å². The van der Waals surface area contributed by atoms with Gasteiger partial charge in [-0.3, -0.25) is 4.79 Å². The van der Waals surface area contributed by atoms with Crippen LogP contribution in [0.5, 0.6) is 0 Å². The Morgan fingerprint density at radius 3 is 2.88 bits per heavy atom. The number of methoxy groups -OCH3 is 1. The van der Waals surface area contributed by atoms with E-state index < -0.39 is 11.5 Å². The fraction of sp³-hybridized carbons (Fsp3) is 0.364. The molecular weight excluding hydrogens is 249 g/mol. The maximum absolute atomic E-state index is 11.5. The molecule has 1 aromatic carbocycles. The molecule has 0 heterocycles. The molecule has 16 heavy (non-hydrogen) atoms. The lowest BCUT2D eigenvalue weighted by molar-refractivity contribution is -0.143. The van der Waals surface area contributed by atoms with E-state index in [1.54, 1.807) is 12.1 Å². The first-order valence-corrected chi connectivity index (χ1v) is 5.57. The first kappa shape index (κ1) is 11.7. The summed E-state index contributed by atoms with van der Waals surface area (Å²) in [6.45, 7) is 0. The summed E-state index contributed by atoms with van der Waals surface area (Å²) < 4.78 is 4.66. The van der Waals surface area contributed by atoms with Gasteiger partial charge in [0.15, 0.2) is 0 Å². The lowest BCUT2D eigenvalue weighted by Gasteiger charge is -2.10. The fourth-order valence-corrected chi connectivity index (χ4v) is 2.31. The zero-order valence-corrected chi connectivity index (χ0v) is 10.2. The minimum atomic E-state index is -0.941. The number of hydrogen-bond donors (Lipinski definition) is 1. The minimum Gasteiger partial charge on any atom is -0.468 e. The van der Waals surface area contributed by atoms with Crippen molar-refractivity contribution < 1.29 is 9.53 Å². The molecular formula is C11H11Cl2NO2. The Bertz CT molecular complexity index is 450. The van der Waals surface area contributed by atoms with Gasteiger partial charge in [-0.05, 0) is 18.1 Å². The summed E-state index contributed by atoms with van der Waals surface area (Å²) in [4.78, 5) is 11.5. The third kappa shape index (κ3) is 1.69. The topological polar surface area (TPSA) is 52.3 Å². The number of halogens is 2. The summed E-state index contributed by atoms with van der Waals surface area (Å²) in [5.74, 6) is -0.514. The van der Waals surface area contributed by atoms with E-state index >= 15 is 0 Å². The van der Waals surface area contributed by atoms with E-state index in [4.69, 9.17) is 28.9 Å². The first-order valence-electron chi connectivity index (χ1n) is 4.82. The van der Waals surface area contributed by atoms with Crippen molar-refractivity contribution in [2.75, 3.05) is 7.11 Å². The van der Waals surface area contributed by atoms with Crippen molar-refractivity contribution in [3.8, 4) is 0 Å². The average Bonchev–Trinajstić information content (AvgIpc) is 2.95. The molecule has 1 aromatic rings. The van der Waals surface area contributed by atoms with Gasteiger partial charge in [0.2, 0.25) is 0 Å². The molecule has 2 N–H and O–H groups in total. The lowest BCUT2D eigenvalue weighted by Crippen LogP contribution is -2.35. The van der Waals surface area contributed by atoms with Crippen LogP contribution in [-0.2, 0) is 9.53 Å². The van der Waals surface area contributed by atoms with Crippen molar-refractivity contribution in [3.05, 3.63) is 33.8 Å². The second kappa shape index (κ2) is 3.91. The van der Waals surface area contributed by atoms with Gasteiger partial charge in [0.05, 0.1) is 17.2 Å². The highest BCUT2D eigenvalue weighted by molar-refractivity contribution is 6.42. The predicted octanol–water partition coefficient (Wildman–Crippen LogP) is 2.35. The molecule has 0 aliphatic heterocycles. The van der Waals surface area contributed by atoms with Gasteiger partial charge in [-0.25, -0.2) is 0 Å². The monoisotopic (exact) mass is 259 g/mol. The summed E-state index contributed by atoms with van der Waals surface area (Å²) in [5, 5.41) is 0.934. The van der Waals surface area contributed by atoms with E-state index in [0.29, 0.717) is 16.5 Å². The Hall–Kier alpha value is -0.770. The van der Waals surface area contributed by atoms with E-state index in [0.717, 1.165) is 5.56 Å². The van der Waals surface area contributed by atoms with Crippen LogP contribution < -0.4 is 5.73 Å². The van der Waals surface area contributed by atoms with Crippen molar-refractivity contribution in [2.24, 2.45) is 5.73 Å². The first-order chi connectivity index (χ1) is 7.50. The van der Waals surface area contributed by atoms with E-state index in [9.17, 15) is 4.79 Å². The number of nitrogens with two attached hydrogens (primary N) is 1. The Labute approximate surface area is 103 Å². The number of carbonyl (C=O) groups is 1. The van der Waals surface area contributed by atoms with Crippen LogP contribution in [0.25, 0.3) is 0 Å². The predicted molar refractivity (Wildman–Crippen MR) is 62.8 cm³/mol. The van der Waals surface area contributed by atoms with E-state index in [1.165, 1.54) is 7.11 Å². The number of ether oxygens (including phenoxy) is 1. The fourth-order valence-electron chi connectivity index (χ4n) is 1.87. The summed E-state index contributed by atoms with van der Waals surface area (Å²) in [5.41, 5.74) is 5.79. The molecule has 1 fully saturated rings. The highest BCUT2D eigenvalue weighted by atomic mass is 35.5. The molecule has 0 saturated heterocycles. The van der Waals surface area contributed by atoms with Crippen LogP contribution in [-0.4, -0.2) is 18.6 Å². The number of esters is 1. The van der Waals surface area contributed by atoms with Crippen LogP contribution in [0, 0.1) is 0 Å². The zero-order chi connectivity index (χ0) is 11.9. The van der Waals surface area contributed by atoms with Gasteiger partial charge >= 0.3 is 5.97 Å². The van der Waals surface area contributed by atoms with Gasteiger partial charge < -0.3 is 10.5 Å².